The maximum atomic E-state index is 13.6. The first-order chi connectivity index (χ1) is 8.08. The summed E-state index contributed by atoms with van der Waals surface area (Å²) in [5.41, 5.74) is 0.585. The average molecular weight is 261 g/mol. The zero-order valence-electron chi connectivity index (χ0n) is 9.96. The molecule has 17 heavy (non-hydrogen) atoms. The van der Waals surface area contributed by atoms with Crippen molar-refractivity contribution >= 4 is 11.8 Å². The molecule has 2 N–H and O–H groups in total. The molecule has 1 aromatic carbocycles. The molecule has 96 valence electrons. The average Bonchev–Trinajstić information content (AvgIpc) is 2.28. The number of thioether (sulfide) groups is 1. The van der Waals surface area contributed by atoms with Gasteiger partial charge < -0.3 is 10.4 Å². The van der Waals surface area contributed by atoms with Crippen LogP contribution in [-0.4, -0.2) is 24.5 Å². The normalized spacial score (nSPS) is 12.8. The highest BCUT2D eigenvalue weighted by Gasteiger charge is 2.13. The zero-order valence-corrected chi connectivity index (χ0v) is 10.8. The Bertz CT molecular complexity index is 351. The van der Waals surface area contributed by atoms with Crippen LogP contribution in [0.25, 0.3) is 0 Å². The monoisotopic (exact) mass is 261 g/mol. The van der Waals surface area contributed by atoms with Crippen LogP contribution in [0.5, 0.6) is 0 Å². The van der Waals surface area contributed by atoms with Crippen LogP contribution in [0.15, 0.2) is 17.0 Å². The molecule has 0 aliphatic rings. The third-order valence-corrected chi connectivity index (χ3v) is 3.68. The number of nitrogens with one attached hydrogen (secondary N) is 1. The first kappa shape index (κ1) is 14.4. The Morgan fingerprint density at radius 1 is 1.35 bits per heavy atom. The molecule has 0 saturated heterocycles. The molecule has 0 bridgehead atoms. The number of halogens is 2. The second-order valence-corrected chi connectivity index (χ2v) is 5.05. The van der Waals surface area contributed by atoms with E-state index < -0.39 is 11.6 Å². The summed E-state index contributed by atoms with van der Waals surface area (Å²) in [5, 5.41) is 11.7. The summed E-state index contributed by atoms with van der Waals surface area (Å²) in [6, 6.07) is 2.68. The van der Waals surface area contributed by atoms with E-state index in [0.717, 1.165) is 11.8 Å². The van der Waals surface area contributed by atoms with E-state index in [9.17, 15) is 8.78 Å². The van der Waals surface area contributed by atoms with Gasteiger partial charge in [0, 0.05) is 18.9 Å². The molecule has 1 unspecified atom stereocenters. The van der Waals surface area contributed by atoms with E-state index in [1.54, 1.807) is 7.05 Å². The molecule has 1 atom stereocenters. The highest BCUT2D eigenvalue weighted by molar-refractivity contribution is 7.99. The molecular weight excluding hydrogens is 244 g/mol. The topological polar surface area (TPSA) is 32.3 Å². The van der Waals surface area contributed by atoms with Gasteiger partial charge in [0.1, 0.15) is 11.6 Å². The van der Waals surface area contributed by atoms with Crippen molar-refractivity contribution in [1.82, 2.24) is 5.32 Å². The van der Waals surface area contributed by atoms with Crippen molar-refractivity contribution in [2.75, 3.05) is 19.4 Å². The molecular formula is C12H17F2NOS. The van der Waals surface area contributed by atoms with Crippen LogP contribution < -0.4 is 5.32 Å². The van der Waals surface area contributed by atoms with E-state index >= 15 is 0 Å². The Kier molecular flexibility index (Phi) is 5.88. The van der Waals surface area contributed by atoms with E-state index in [4.69, 9.17) is 5.11 Å². The summed E-state index contributed by atoms with van der Waals surface area (Å²) in [6.45, 7) is 2.29. The van der Waals surface area contributed by atoms with Crippen molar-refractivity contribution in [3.63, 3.8) is 0 Å². The van der Waals surface area contributed by atoms with Crippen LogP contribution in [0.3, 0.4) is 0 Å². The first-order valence-corrected chi connectivity index (χ1v) is 6.43. The molecule has 2 nitrogen and oxygen atoms in total. The van der Waals surface area contributed by atoms with Crippen molar-refractivity contribution in [1.29, 1.82) is 0 Å². The lowest BCUT2D eigenvalue weighted by atomic mass is 10.2. The van der Waals surface area contributed by atoms with Gasteiger partial charge in [0.05, 0.1) is 4.90 Å². The van der Waals surface area contributed by atoms with Gasteiger partial charge >= 0.3 is 0 Å². The van der Waals surface area contributed by atoms with Crippen LogP contribution in [-0.2, 0) is 6.54 Å². The second-order valence-electron chi connectivity index (χ2n) is 4.02. The van der Waals surface area contributed by atoms with Gasteiger partial charge in [-0.15, -0.1) is 11.8 Å². The van der Waals surface area contributed by atoms with E-state index in [1.165, 1.54) is 12.1 Å². The second kappa shape index (κ2) is 6.93. The lowest BCUT2D eigenvalue weighted by Gasteiger charge is -2.10. The number of hydrogen-bond acceptors (Lipinski definition) is 3. The summed E-state index contributed by atoms with van der Waals surface area (Å²) in [4.78, 5) is 0.0325. The lowest BCUT2D eigenvalue weighted by molar-refractivity contribution is 0.250. The van der Waals surface area contributed by atoms with Gasteiger partial charge in [-0.3, -0.25) is 0 Å². The van der Waals surface area contributed by atoms with E-state index in [1.807, 2.05) is 6.92 Å². The smallest absolute Gasteiger partial charge is 0.140 e. The van der Waals surface area contributed by atoms with Crippen molar-refractivity contribution in [3.8, 4) is 0 Å². The Labute approximate surface area is 104 Å². The molecule has 0 amide bonds. The highest BCUT2D eigenvalue weighted by atomic mass is 32.2. The van der Waals surface area contributed by atoms with Gasteiger partial charge in [-0.25, -0.2) is 8.78 Å². The number of aliphatic hydroxyl groups excluding tert-OH is 1. The van der Waals surface area contributed by atoms with Crippen molar-refractivity contribution in [2.45, 2.75) is 18.4 Å². The molecule has 0 fully saturated rings. The van der Waals surface area contributed by atoms with Crippen molar-refractivity contribution < 1.29 is 13.9 Å². The minimum Gasteiger partial charge on any atom is -0.396 e. The largest absolute Gasteiger partial charge is 0.396 e. The molecule has 5 heteroatoms. The maximum Gasteiger partial charge on any atom is 0.140 e. The predicted molar refractivity (Wildman–Crippen MR) is 66.1 cm³/mol. The summed E-state index contributed by atoms with van der Waals surface area (Å²) in [5.74, 6) is -0.554. The van der Waals surface area contributed by atoms with Crippen LogP contribution in [0.4, 0.5) is 8.78 Å². The quantitative estimate of drug-likeness (QED) is 0.771. The minimum absolute atomic E-state index is 0.0219. The van der Waals surface area contributed by atoms with Gasteiger partial charge in [-0.2, -0.15) is 0 Å². The van der Waals surface area contributed by atoms with Gasteiger partial charge in [0.15, 0.2) is 0 Å². The third-order valence-electron chi connectivity index (χ3n) is 2.26. The van der Waals surface area contributed by atoms with E-state index in [-0.39, 0.29) is 17.4 Å². The number of aliphatic hydroxyl groups is 1. The predicted octanol–water partition coefficient (Wildman–Crippen LogP) is 2.40. The Hall–Kier alpha value is -0.650. The fourth-order valence-electron chi connectivity index (χ4n) is 1.33. The van der Waals surface area contributed by atoms with Crippen molar-refractivity contribution in [3.05, 3.63) is 29.3 Å². The molecule has 0 spiro atoms. The number of rotatable bonds is 6. The number of hydrogen-bond donors (Lipinski definition) is 2. The minimum atomic E-state index is -0.537. The molecule has 0 aliphatic carbocycles. The third kappa shape index (κ3) is 4.26. The first-order valence-electron chi connectivity index (χ1n) is 5.44. The summed E-state index contributed by atoms with van der Waals surface area (Å²) in [6.07, 6.45) is 0. The maximum absolute atomic E-state index is 13.6. The SMILES string of the molecule is CNCc1cc(F)c(SCC(C)CO)c(F)c1. The Morgan fingerprint density at radius 3 is 2.41 bits per heavy atom. The molecule has 1 rings (SSSR count). The highest BCUT2D eigenvalue weighted by Crippen LogP contribution is 2.27. The fraction of sp³-hybridized carbons (Fsp3) is 0.500. The van der Waals surface area contributed by atoms with Crippen LogP contribution in [0, 0.1) is 17.6 Å². The molecule has 0 radical (unpaired) electrons. The van der Waals surface area contributed by atoms with Crippen molar-refractivity contribution in [2.24, 2.45) is 5.92 Å². The molecule has 1 aromatic rings. The lowest BCUT2D eigenvalue weighted by Crippen LogP contribution is -2.07. The van der Waals surface area contributed by atoms with Gasteiger partial charge in [-0.05, 0) is 30.7 Å². The summed E-state index contributed by atoms with van der Waals surface area (Å²) >= 11 is 1.10. The van der Waals surface area contributed by atoms with Crippen LogP contribution >= 0.6 is 11.8 Å². The van der Waals surface area contributed by atoms with Crippen LogP contribution in [0.2, 0.25) is 0 Å². The standard InChI is InChI=1S/C12H17F2NOS/c1-8(6-16)7-17-12-10(13)3-9(5-15-2)4-11(12)14/h3-4,8,15-16H,5-7H2,1-2H3. The molecule has 0 aromatic heterocycles. The summed E-state index contributed by atoms with van der Waals surface area (Å²) in [7, 11) is 1.72. The van der Waals surface area contributed by atoms with Gasteiger partial charge in [0.2, 0.25) is 0 Å². The van der Waals surface area contributed by atoms with E-state index in [2.05, 4.69) is 5.32 Å². The fourth-order valence-corrected chi connectivity index (χ4v) is 2.28. The summed E-state index contributed by atoms with van der Waals surface area (Å²) < 4.78 is 27.3. The molecule has 0 aliphatic heterocycles. The van der Waals surface area contributed by atoms with Crippen LogP contribution in [0.1, 0.15) is 12.5 Å². The Morgan fingerprint density at radius 2 is 1.94 bits per heavy atom. The zero-order chi connectivity index (χ0) is 12.8. The molecule has 0 heterocycles. The van der Waals surface area contributed by atoms with E-state index in [0.29, 0.717) is 17.9 Å². The van der Waals surface area contributed by atoms with Gasteiger partial charge in [0.25, 0.3) is 0 Å². The van der Waals surface area contributed by atoms with Gasteiger partial charge in [-0.1, -0.05) is 6.92 Å². The number of benzene rings is 1. The molecule has 0 saturated carbocycles. The Balaban J connectivity index is 2.78.